The zero-order chi connectivity index (χ0) is 24.0. The average Bonchev–Trinajstić information content (AvgIpc) is 3.16. The van der Waals surface area contributed by atoms with Gasteiger partial charge in [-0.3, -0.25) is 0 Å². The fourth-order valence-electron chi connectivity index (χ4n) is 3.59. The molecule has 33 heavy (non-hydrogen) atoms. The first-order valence-corrected chi connectivity index (χ1v) is 10.5. The van der Waals surface area contributed by atoms with Crippen molar-refractivity contribution >= 4 is 39.8 Å². The van der Waals surface area contributed by atoms with Crippen molar-refractivity contribution < 1.29 is 22.7 Å². The van der Waals surface area contributed by atoms with Crippen LogP contribution in [-0.2, 0) is 5.60 Å². The van der Waals surface area contributed by atoms with Crippen molar-refractivity contribution in [2.45, 2.75) is 18.7 Å². The Morgan fingerprint density at radius 3 is 2.36 bits per heavy atom. The van der Waals surface area contributed by atoms with E-state index in [-0.39, 0.29) is 16.3 Å². The maximum Gasteiger partial charge on any atom is 0.423 e. The fraction of sp³-hybridized carbons (Fsp3) is 0.174. The molecule has 0 fully saturated rings. The van der Waals surface area contributed by atoms with Crippen molar-refractivity contribution in [2.75, 3.05) is 11.9 Å². The highest BCUT2D eigenvalue weighted by Crippen LogP contribution is 2.41. The van der Waals surface area contributed by atoms with Gasteiger partial charge in [0.2, 0.25) is 5.60 Å². The maximum atomic E-state index is 14.1. The zero-order valence-electron chi connectivity index (χ0n) is 17.1. The van der Waals surface area contributed by atoms with E-state index < -0.39 is 24.1 Å². The summed E-state index contributed by atoms with van der Waals surface area (Å²) in [7, 11) is 0. The second-order valence-corrected chi connectivity index (χ2v) is 8.44. The maximum absolute atomic E-state index is 14.1. The summed E-state index contributed by atoms with van der Waals surface area (Å²) in [5.41, 5.74) is -1.76. The van der Waals surface area contributed by atoms with Gasteiger partial charge in [-0.25, -0.2) is 9.07 Å². The minimum atomic E-state index is -4.99. The highest BCUT2D eigenvalue weighted by molar-refractivity contribution is 6.36. The standard InChI is InChI=1S/C23H17Cl2F4N3O/c1-13-8-16(24)10-19(25)21(13)30-12-22(33,23(27,28)29)15-2-7-20-14(9-15)11-31-32(20)18-5-3-17(26)4-6-18/h2-11,30,33H,12H2,1H3. The molecule has 10 heteroatoms. The number of aromatic nitrogens is 2. The van der Waals surface area contributed by atoms with Crippen LogP contribution < -0.4 is 5.32 Å². The highest BCUT2D eigenvalue weighted by Gasteiger charge is 2.55. The third-order valence-corrected chi connectivity index (χ3v) is 5.88. The summed E-state index contributed by atoms with van der Waals surface area (Å²) in [6.07, 6.45) is -3.61. The highest BCUT2D eigenvalue weighted by atomic mass is 35.5. The largest absolute Gasteiger partial charge is 0.423 e. The summed E-state index contributed by atoms with van der Waals surface area (Å²) in [4.78, 5) is 0. The predicted molar refractivity (Wildman–Crippen MR) is 121 cm³/mol. The van der Waals surface area contributed by atoms with Gasteiger partial charge in [0.1, 0.15) is 5.82 Å². The molecule has 0 amide bonds. The summed E-state index contributed by atoms with van der Waals surface area (Å²) in [6, 6.07) is 12.3. The van der Waals surface area contributed by atoms with Crippen molar-refractivity contribution in [2.24, 2.45) is 0 Å². The van der Waals surface area contributed by atoms with E-state index in [0.717, 1.165) is 0 Å². The van der Waals surface area contributed by atoms with Crippen LogP contribution in [0.3, 0.4) is 0 Å². The third-order valence-electron chi connectivity index (χ3n) is 5.36. The first-order chi connectivity index (χ1) is 15.5. The molecule has 0 aliphatic rings. The topological polar surface area (TPSA) is 50.1 Å². The molecule has 4 aromatic rings. The first-order valence-electron chi connectivity index (χ1n) is 9.72. The van der Waals surface area contributed by atoms with Gasteiger partial charge in [0.05, 0.1) is 34.7 Å². The van der Waals surface area contributed by atoms with E-state index in [0.29, 0.717) is 27.2 Å². The van der Waals surface area contributed by atoms with Gasteiger partial charge < -0.3 is 10.4 Å². The van der Waals surface area contributed by atoms with E-state index in [1.807, 2.05) is 0 Å². The van der Waals surface area contributed by atoms with Crippen LogP contribution in [0.15, 0.2) is 60.8 Å². The van der Waals surface area contributed by atoms with E-state index in [4.69, 9.17) is 23.2 Å². The molecule has 0 saturated carbocycles. The zero-order valence-corrected chi connectivity index (χ0v) is 18.6. The molecule has 0 saturated heterocycles. The molecule has 0 spiro atoms. The lowest BCUT2D eigenvalue weighted by atomic mass is 9.91. The van der Waals surface area contributed by atoms with Crippen LogP contribution in [0.4, 0.5) is 23.2 Å². The van der Waals surface area contributed by atoms with Crippen LogP contribution in [0.2, 0.25) is 10.0 Å². The van der Waals surface area contributed by atoms with E-state index >= 15 is 0 Å². The number of anilines is 1. The number of fused-ring (bicyclic) bond motifs is 1. The van der Waals surface area contributed by atoms with Crippen LogP contribution in [0, 0.1) is 12.7 Å². The monoisotopic (exact) mass is 497 g/mol. The van der Waals surface area contributed by atoms with Gasteiger partial charge in [-0.05, 0) is 66.6 Å². The molecule has 172 valence electrons. The van der Waals surface area contributed by atoms with Crippen molar-refractivity contribution in [3.8, 4) is 5.69 Å². The van der Waals surface area contributed by atoms with E-state index in [1.54, 1.807) is 13.0 Å². The number of halogens is 6. The predicted octanol–water partition coefficient (Wildman–Crippen LogP) is 6.64. The van der Waals surface area contributed by atoms with Crippen LogP contribution in [0.1, 0.15) is 11.1 Å². The van der Waals surface area contributed by atoms with Gasteiger partial charge in [-0.1, -0.05) is 29.3 Å². The molecule has 1 atom stereocenters. The van der Waals surface area contributed by atoms with Gasteiger partial charge in [0.15, 0.2) is 0 Å². The first kappa shape index (κ1) is 23.4. The smallest absolute Gasteiger partial charge is 0.380 e. The molecule has 4 rings (SSSR count). The summed E-state index contributed by atoms with van der Waals surface area (Å²) >= 11 is 12.1. The molecular formula is C23H17Cl2F4N3O. The number of rotatable bonds is 5. The molecule has 0 bridgehead atoms. The lowest BCUT2D eigenvalue weighted by Gasteiger charge is -2.32. The summed E-state index contributed by atoms with van der Waals surface area (Å²) in [5, 5.41) is 18.5. The fourth-order valence-corrected chi connectivity index (χ4v) is 4.25. The van der Waals surface area contributed by atoms with Gasteiger partial charge >= 0.3 is 6.18 Å². The van der Waals surface area contributed by atoms with E-state index in [1.165, 1.54) is 59.4 Å². The van der Waals surface area contributed by atoms with Crippen molar-refractivity contribution in [1.82, 2.24) is 9.78 Å². The Hall–Kier alpha value is -2.81. The molecule has 2 N–H and O–H groups in total. The Balaban J connectivity index is 1.71. The van der Waals surface area contributed by atoms with E-state index in [2.05, 4.69) is 10.4 Å². The molecular weight excluding hydrogens is 481 g/mol. The molecule has 0 aliphatic heterocycles. The second-order valence-electron chi connectivity index (χ2n) is 7.60. The molecule has 1 unspecified atom stereocenters. The third kappa shape index (κ3) is 4.38. The number of nitrogens with one attached hydrogen (secondary N) is 1. The van der Waals surface area contributed by atoms with E-state index in [9.17, 15) is 22.7 Å². The summed E-state index contributed by atoms with van der Waals surface area (Å²) < 4.78 is 56.9. The minimum absolute atomic E-state index is 0.139. The summed E-state index contributed by atoms with van der Waals surface area (Å²) in [6.45, 7) is 0.763. The Morgan fingerprint density at radius 1 is 1.03 bits per heavy atom. The normalized spacial score (nSPS) is 13.8. The lowest BCUT2D eigenvalue weighted by molar-refractivity contribution is -0.260. The number of hydrogen-bond donors (Lipinski definition) is 2. The van der Waals surface area contributed by atoms with Gasteiger partial charge in [-0.2, -0.15) is 18.3 Å². The van der Waals surface area contributed by atoms with Gasteiger partial charge in [-0.15, -0.1) is 0 Å². The summed E-state index contributed by atoms with van der Waals surface area (Å²) in [5.74, 6) is -0.420. The average molecular weight is 498 g/mol. The number of benzene rings is 3. The minimum Gasteiger partial charge on any atom is -0.380 e. The number of hydrogen-bond acceptors (Lipinski definition) is 3. The Bertz CT molecular complexity index is 1300. The van der Waals surface area contributed by atoms with Crippen LogP contribution in [0.25, 0.3) is 16.6 Å². The SMILES string of the molecule is Cc1cc(Cl)cc(Cl)c1NCC(O)(c1ccc2c(cnn2-c2ccc(F)cc2)c1)C(F)(F)F. The van der Waals surface area contributed by atoms with Gasteiger partial charge in [0.25, 0.3) is 0 Å². The quantitative estimate of drug-likeness (QED) is 0.304. The van der Waals surface area contributed by atoms with Crippen LogP contribution >= 0.6 is 23.2 Å². The molecule has 1 heterocycles. The molecule has 4 nitrogen and oxygen atoms in total. The van der Waals surface area contributed by atoms with Crippen LogP contribution in [-0.4, -0.2) is 27.6 Å². The number of aliphatic hydroxyl groups is 1. The number of aryl methyl sites for hydroxylation is 1. The van der Waals surface area contributed by atoms with Crippen LogP contribution in [0.5, 0.6) is 0 Å². The molecule has 3 aromatic carbocycles. The molecule has 0 radical (unpaired) electrons. The number of nitrogens with zero attached hydrogens (tertiary/aromatic N) is 2. The molecule has 0 aliphatic carbocycles. The lowest BCUT2D eigenvalue weighted by Crippen LogP contribution is -2.47. The van der Waals surface area contributed by atoms with Crippen molar-refractivity contribution in [3.05, 3.63) is 87.8 Å². The Kier molecular flexibility index (Phi) is 6.03. The molecule has 1 aromatic heterocycles. The van der Waals surface area contributed by atoms with Crippen molar-refractivity contribution in [1.29, 1.82) is 0 Å². The Labute approximate surface area is 196 Å². The second kappa shape index (κ2) is 8.52. The number of alkyl halides is 3. The van der Waals surface area contributed by atoms with Crippen molar-refractivity contribution in [3.63, 3.8) is 0 Å². The Morgan fingerprint density at radius 2 is 1.73 bits per heavy atom. The van der Waals surface area contributed by atoms with Gasteiger partial charge in [0, 0.05) is 10.4 Å².